The molecular weight excluding hydrogens is 357 g/mol. The molecule has 1 rings (SSSR count). The number of rotatable bonds is 7. The van der Waals surface area contributed by atoms with Crippen LogP contribution in [-0.2, 0) is 16.1 Å². The average molecular weight is 378 g/mol. The van der Waals surface area contributed by atoms with E-state index < -0.39 is 18.2 Å². The van der Waals surface area contributed by atoms with Crippen molar-refractivity contribution in [3.05, 3.63) is 35.9 Å². The molecule has 0 aliphatic carbocycles. The zero-order chi connectivity index (χ0) is 20.0. The summed E-state index contributed by atoms with van der Waals surface area (Å²) >= 11 is 0. The largest absolute Gasteiger partial charge is 0.490 e. The van der Waals surface area contributed by atoms with Gasteiger partial charge in [0.2, 0.25) is 0 Å². The SMILES string of the molecule is NC(N)=NCCCCNC(=O)OCc1ccccc1.O=C(O)C(F)(F)F. The Kier molecular flexibility index (Phi) is 11.0. The highest BCUT2D eigenvalue weighted by Gasteiger charge is 2.38. The Bertz CT molecular complexity index is 576. The van der Waals surface area contributed by atoms with Gasteiger partial charge in [0.25, 0.3) is 0 Å². The molecule has 146 valence electrons. The van der Waals surface area contributed by atoms with Crippen molar-refractivity contribution in [3.8, 4) is 0 Å². The molecular formula is C15H21F3N4O4. The van der Waals surface area contributed by atoms with E-state index in [1.165, 1.54) is 0 Å². The minimum absolute atomic E-state index is 0.0928. The van der Waals surface area contributed by atoms with Crippen LogP contribution in [0.1, 0.15) is 18.4 Å². The number of carboxylic acids is 1. The predicted molar refractivity (Wildman–Crippen MR) is 88.2 cm³/mol. The van der Waals surface area contributed by atoms with Crippen molar-refractivity contribution in [1.82, 2.24) is 5.32 Å². The summed E-state index contributed by atoms with van der Waals surface area (Å²) in [5, 5.41) is 9.79. The zero-order valence-electron chi connectivity index (χ0n) is 13.8. The van der Waals surface area contributed by atoms with Gasteiger partial charge in [0.05, 0.1) is 0 Å². The van der Waals surface area contributed by atoms with Gasteiger partial charge in [0, 0.05) is 13.1 Å². The minimum Gasteiger partial charge on any atom is -0.475 e. The fraction of sp³-hybridized carbons (Fsp3) is 0.400. The number of alkyl halides is 3. The van der Waals surface area contributed by atoms with Gasteiger partial charge in [-0.15, -0.1) is 0 Å². The number of guanidine groups is 1. The molecule has 0 unspecified atom stereocenters. The predicted octanol–water partition coefficient (Wildman–Crippen LogP) is 1.60. The molecule has 26 heavy (non-hydrogen) atoms. The number of carboxylic acid groups (broad SMARTS) is 1. The van der Waals surface area contributed by atoms with Crippen LogP contribution in [0, 0.1) is 0 Å². The maximum absolute atomic E-state index is 11.4. The minimum atomic E-state index is -5.08. The molecule has 0 radical (unpaired) electrons. The van der Waals surface area contributed by atoms with E-state index in [9.17, 15) is 18.0 Å². The molecule has 11 heteroatoms. The van der Waals surface area contributed by atoms with Gasteiger partial charge in [0.1, 0.15) is 6.61 Å². The number of alkyl carbamates (subject to hydrolysis) is 1. The number of unbranched alkanes of at least 4 members (excludes halogenated alkanes) is 1. The van der Waals surface area contributed by atoms with Gasteiger partial charge < -0.3 is 26.6 Å². The summed E-state index contributed by atoms with van der Waals surface area (Å²) in [4.78, 5) is 24.1. The van der Waals surface area contributed by atoms with Gasteiger partial charge in [-0.1, -0.05) is 30.3 Å². The Morgan fingerprint density at radius 1 is 1.15 bits per heavy atom. The van der Waals surface area contributed by atoms with Crippen LogP contribution in [-0.4, -0.2) is 42.4 Å². The summed E-state index contributed by atoms with van der Waals surface area (Å²) in [6.07, 6.45) is -3.88. The first-order valence-electron chi connectivity index (χ1n) is 7.43. The van der Waals surface area contributed by atoms with Crippen molar-refractivity contribution in [1.29, 1.82) is 0 Å². The van der Waals surface area contributed by atoms with Crippen LogP contribution < -0.4 is 16.8 Å². The van der Waals surface area contributed by atoms with E-state index in [1.807, 2.05) is 30.3 Å². The lowest BCUT2D eigenvalue weighted by Crippen LogP contribution is -2.25. The second-order valence-electron chi connectivity index (χ2n) is 4.81. The quantitative estimate of drug-likeness (QED) is 0.323. The number of hydrogen-bond donors (Lipinski definition) is 4. The Morgan fingerprint density at radius 2 is 1.73 bits per heavy atom. The van der Waals surface area contributed by atoms with Gasteiger partial charge >= 0.3 is 18.2 Å². The van der Waals surface area contributed by atoms with Crippen molar-refractivity contribution in [2.75, 3.05) is 13.1 Å². The second kappa shape index (κ2) is 12.4. The lowest BCUT2D eigenvalue weighted by Gasteiger charge is -2.06. The van der Waals surface area contributed by atoms with Crippen LogP contribution in [0.25, 0.3) is 0 Å². The molecule has 0 bridgehead atoms. The number of aliphatic imine (C=N–C) groups is 1. The highest BCUT2D eigenvalue weighted by Crippen LogP contribution is 2.13. The summed E-state index contributed by atoms with van der Waals surface area (Å²) < 4.78 is 36.8. The molecule has 0 heterocycles. The smallest absolute Gasteiger partial charge is 0.475 e. The fourth-order valence-corrected chi connectivity index (χ4v) is 1.41. The highest BCUT2D eigenvalue weighted by molar-refractivity contribution is 5.75. The molecule has 0 saturated heterocycles. The van der Waals surface area contributed by atoms with Crippen LogP contribution >= 0.6 is 0 Å². The summed E-state index contributed by atoms with van der Waals surface area (Å²) in [6.45, 7) is 1.40. The van der Waals surface area contributed by atoms with Gasteiger partial charge in [-0.3, -0.25) is 4.99 Å². The first kappa shape index (κ1) is 23.0. The number of halogens is 3. The van der Waals surface area contributed by atoms with Crippen molar-refractivity contribution in [2.24, 2.45) is 16.5 Å². The lowest BCUT2D eigenvalue weighted by atomic mass is 10.2. The Morgan fingerprint density at radius 3 is 2.23 bits per heavy atom. The van der Waals surface area contributed by atoms with E-state index in [2.05, 4.69) is 10.3 Å². The van der Waals surface area contributed by atoms with Gasteiger partial charge in [-0.2, -0.15) is 13.2 Å². The third kappa shape index (κ3) is 13.5. The number of carbonyl (C=O) groups is 2. The fourth-order valence-electron chi connectivity index (χ4n) is 1.41. The molecule has 6 N–H and O–H groups in total. The standard InChI is InChI=1S/C13H20N4O2.C2HF3O2/c14-12(15)16-8-4-5-9-17-13(18)19-10-11-6-2-1-3-7-11;3-2(4,5)1(6)7/h1-3,6-7H,4-5,8-10H2,(H,17,18)(H4,14,15,16);(H,6,7). The third-order valence-corrected chi connectivity index (χ3v) is 2.60. The number of nitrogens with one attached hydrogen (secondary N) is 1. The van der Waals surface area contributed by atoms with Gasteiger partial charge in [-0.25, -0.2) is 9.59 Å². The Labute approximate surface area is 148 Å². The first-order valence-corrected chi connectivity index (χ1v) is 7.43. The van der Waals surface area contributed by atoms with E-state index in [0.29, 0.717) is 13.1 Å². The zero-order valence-corrected chi connectivity index (χ0v) is 13.8. The van der Waals surface area contributed by atoms with Crippen molar-refractivity contribution < 1.29 is 32.6 Å². The molecule has 0 aliphatic heterocycles. The monoisotopic (exact) mass is 378 g/mol. The van der Waals surface area contributed by atoms with Crippen LogP contribution in [0.3, 0.4) is 0 Å². The molecule has 0 spiro atoms. The normalized spacial score (nSPS) is 10.1. The topological polar surface area (TPSA) is 140 Å². The van der Waals surface area contributed by atoms with Crippen LogP contribution in [0.15, 0.2) is 35.3 Å². The number of aliphatic carboxylic acids is 1. The van der Waals surface area contributed by atoms with E-state index in [-0.39, 0.29) is 12.6 Å². The summed E-state index contributed by atoms with van der Waals surface area (Å²) in [5.74, 6) is -2.66. The number of carbonyl (C=O) groups excluding carboxylic acids is 1. The van der Waals surface area contributed by atoms with Crippen molar-refractivity contribution >= 4 is 18.0 Å². The highest BCUT2D eigenvalue weighted by atomic mass is 19.4. The third-order valence-electron chi connectivity index (χ3n) is 2.60. The summed E-state index contributed by atoms with van der Waals surface area (Å²) in [7, 11) is 0. The molecule has 0 aliphatic rings. The van der Waals surface area contributed by atoms with Crippen molar-refractivity contribution in [3.63, 3.8) is 0 Å². The molecule has 8 nitrogen and oxygen atoms in total. The molecule has 0 atom stereocenters. The molecule has 0 saturated carbocycles. The first-order chi connectivity index (χ1) is 12.1. The Hall–Kier alpha value is -2.98. The average Bonchev–Trinajstić information content (AvgIpc) is 2.56. The Balaban J connectivity index is 0.000000758. The number of hydrogen-bond acceptors (Lipinski definition) is 4. The van der Waals surface area contributed by atoms with E-state index in [1.54, 1.807) is 0 Å². The summed E-state index contributed by atoms with van der Waals surface area (Å²) in [6, 6.07) is 9.53. The van der Waals surface area contributed by atoms with Crippen LogP contribution in [0.5, 0.6) is 0 Å². The molecule has 1 aromatic carbocycles. The maximum atomic E-state index is 11.4. The van der Waals surface area contributed by atoms with Crippen molar-refractivity contribution in [2.45, 2.75) is 25.6 Å². The molecule has 1 aromatic rings. The lowest BCUT2D eigenvalue weighted by molar-refractivity contribution is -0.192. The number of benzene rings is 1. The number of amides is 1. The number of nitrogens with two attached hydrogens (primary N) is 2. The maximum Gasteiger partial charge on any atom is 0.490 e. The van der Waals surface area contributed by atoms with Crippen LogP contribution in [0.2, 0.25) is 0 Å². The van der Waals surface area contributed by atoms with Gasteiger partial charge in [-0.05, 0) is 18.4 Å². The molecule has 1 amide bonds. The van der Waals surface area contributed by atoms with E-state index >= 15 is 0 Å². The molecule has 0 aromatic heterocycles. The van der Waals surface area contributed by atoms with Gasteiger partial charge in [0.15, 0.2) is 5.96 Å². The number of ether oxygens (including phenoxy) is 1. The van der Waals surface area contributed by atoms with Crippen LogP contribution in [0.4, 0.5) is 18.0 Å². The van der Waals surface area contributed by atoms with E-state index in [0.717, 1.165) is 18.4 Å². The van der Waals surface area contributed by atoms with E-state index in [4.69, 9.17) is 26.1 Å². The second-order valence-corrected chi connectivity index (χ2v) is 4.81. The molecule has 0 fully saturated rings. The number of nitrogens with zero attached hydrogens (tertiary/aromatic N) is 1. The summed E-state index contributed by atoms with van der Waals surface area (Å²) in [5.41, 5.74) is 11.3.